The Labute approximate surface area is 274 Å². The summed E-state index contributed by atoms with van der Waals surface area (Å²) >= 11 is 0. The molecule has 38 heteroatoms. The first-order valence-corrected chi connectivity index (χ1v) is 13.0. The second kappa shape index (κ2) is 12.7. The Hall–Kier alpha value is -1.64. The van der Waals surface area contributed by atoms with Crippen molar-refractivity contribution in [1.29, 1.82) is 0 Å². The molecule has 0 aliphatic carbocycles. The van der Waals surface area contributed by atoms with Gasteiger partial charge in [-0.05, 0) is 0 Å². The van der Waals surface area contributed by atoms with Crippen LogP contribution in [0.4, 0.5) is 132 Å². The molecule has 0 aromatic heterocycles. The van der Waals surface area contributed by atoms with E-state index in [-0.39, 0.29) is 18.9 Å². The van der Waals surface area contributed by atoms with Crippen LogP contribution >= 0.6 is 0 Å². The summed E-state index contributed by atoms with van der Waals surface area (Å²) in [6, 6.07) is 0. The fourth-order valence-electron chi connectivity index (χ4n) is 2.45. The number of rotatable bonds is 14. The summed E-state index contributed by atoms with van der Waals surface area (Å²) in [5.41, 5.74) is 0. The molecule has 0 aromatic carbocycles. The Morgan fingerprint density at radius 2 is 0.385 bits per heavy atom. The molecule has 0 saturated carbocycles. The van der Waals surface area contributed by atoms with Gasteiger partial charge in [-0.3, -0.25) is 0 Å². The van der Waals surface area contributed by atoms with Crippen molar-refractivity contribution in [3.8, 4) is 0 Å². The summed E-state index contributed by atoms with van der Waals surface area (Å²) in [5, 5.41) is -18.4. The molecule has 5 nitrogen and oxygen atoms in total. The fraction of sp³-hybridized carbons (Fsp3) is 1.00. The summed E-state index contributed by atoms with van der Waals surface area (Å²) in [6.45, 7) is 0. The van der Waals surface area contributed by atoms with Gasteiger partial charge in [-0.15, -0.1) is 0 Å². The first-order chi connectivity index (χ1) is 21.2. The molecule has 0 aliphatic rings. The van der Waals surface area contributed by atoms with Crippen LogP contribution in [0.15, 0.2) is 0 Å². The van der Waals surface area contributed by atoms with Crippen LogP contribution in [-0.4, -0.2) is 98.9 Å². The van der Waals surface area contributed by atoms with Crippen LogP contribution in [0.1, 0.15) is 0 Å². The monoisotopic (exact) mass is 887 g/mol. The molecule has 0 rings (SSSR count). The number of nitrogens with zero attached hydrogens (tertiary/aromatic N) is 1. The van der Waals surface area contributed by atoms with Crippen molar-refractivity contribution in [1.82, 2.24) is 0 Å². The first kappa shape index (κ1) is 52.5. The van der Waals surface area contributed by atoms with Gasteiger partial charge in [0.15, 0.2) is 20.0 Å². The van der Waals surface area contributed by atoms with Gasteiger partial charge in [0.1, 0.15) is 0 Å². The Morgan fingerprint density at radius 1 is 0.250 bits per heavy atom. The van der Waals surface area contributed by atoms with Crippen molar-refractivity contribution in [2.24, 2.45) is 0 Å². The first-order valence-electron chi connectivity index (χ1n) is 10.1. The molecular formula is C14F30LiNO4S2. The van der Waals surface area contributed by atoms with Crippen molar-refractivity contribution in [2.75, 3.05) is 0 Å². The molecule has 0 amide bonds. The minimum absolute atomic E-state index is 0. The van der Waals surface area contributed by atoms with Crippen molar-refractivity contribution < 1.29 is 167 Å². The van der Waals surface area contributed by atoms with Gasteiger partial charge in [0, 0.05) is 0 Å². The van der Waals surface area contributed by atoms with Crippen molar-refractivity contribution >= 4 is 20.0 Å². The van der Waals surface area contributed by atoms with Gasteiger partial charge < -0.3 is 4.13 Å². The molecule has 0 radical (unpaired) electrons. The van der Waals surface area contributed by atoms with Crippen LogP contribution in [0.25, 0.3) is 4.13 Å². The van der Waals surface area contributed by atoms with Gasteiger partial charge in [-0.25, -0.2) is 16.8 Å². The zero-order chi connectivity index (χ0) is 42.7. The molecule has 0 unspecified atom stereocenters. The summed E-state index contributed by atoms with van der Waals surface area (Å²) in [7, 11) is -19.6. The third kappa shape index (κ3) is 6.38. The van der Waals surface area contributed by atoms with Gasteiger partial charge in [-0.2, -0.15) is 132 Å². The second-order valence-corrected chi connectivity index (χ2v) is 12.3. The molecule has 0 atom stereocenters. The molecule has 0 fully saturated rings. The minimum Gasteiger partial charge on any atom is -0.425 e. The standard InChI is InChI=1S/C14F30NO4S2.Li/c15-1(16,3(19,20)7(27,28)11(35,36)37)5(23,24)9(31,32)13(41,42)50(46,47)45-51(48,49)14(43,44)10(33,34)6(25,26)2(17,18)4(21,22)8(29,30)12(38,39)40;/q-1;+1. The maximum Gasteiger partial charge on any atom is 1.00 e. The van der Waals surface area contributed by atoms with E-state index in [2.05, 4.69) is 0 Å². The molecule has 52 heavy (non-hydrogen) atoms. The molecule has 0 bridgehead atoms. The van der Waals surface area contributed by atoms with Crippen LogP contribution in [0.3, 0.4) is 0 Å². The number of sulfonamides is 2. The number of halogens is 30. The zero-order valence-corrected chi connectivity index (χ0v) is 23.9. The number of hydrogen-bond acceptors (Lipinski definition) is 4. The molecule has 0 heterocycles. The Kier molecular flexibility index (Phi) is 12.8. The fourth-order valence-corrected chi connectivity index (χ4v) is 5.14. The summed E-state index contributed by atoms with van der Waals surface area (Å²) in [4.78, 5) is 0. The third-order valence-corrected chi connectivity index (χ3v) is 8.82. The second-order valence-electron chi connectivity index (χ2n) is 8.80. The average Bonchev–Trinajstić information content (AvgIpc) is 2.85. The summed E-state index contributed by atoms with van der Waals surface area (Å²) < 4.78 is 438. The van der Waals surface area contributed by atoms with Crippen molar-refractivity contribution in [3.05, 3.63) is 4.13 Å². The Bertz CT molecular complexity index is 1430. The maximum absolute atomic E-state index is 13.8. The van der Waals surface area contributed by atoms with Gasteiger partial charge in [0.25, 0.3) is 0 Å². The molecule has 308 valence electrons. The van der Waals surface area contributed by atoms with Gasteiger partial charge in [0.05, 0.1) is 0 Å². The van der Waals surface area contributed by atoms with E-state index in [4.69, 9.17) is 0 Å². The predicted octanol–water partition coefficient (Wildman–Crippen LogP) is 5.69. The maximum atomic E-state index is 13.8. The largest absolute Gasteiger partial charge is 1.00 e. The minimum atomic E-state index is -9.80. The van der Waals surface area contributed by atoms with Crippen LogP contribution in [0.2, 0.25) is 0 Å². The van der Waals surface area contributed by atoms with Crippen molar-refractivity contribution in [3.63, 3.8) is 0 Å². The smallest absolute Gasteiger partial charge is 0.425 e. The normalized spacial score (nSPS) is 16.9. The quantitative estimate of drug-likeness (QED) is 0.166. The molecule has 0 spiro atoms. The average molecular weight is 887 g/mol. The molecule has 0 N–H and O–H groups in total. The SMILES string of the molecule is O=S(=O)([N-]S(=O)(=O)C(F)(F)C(F)(F)C(F)(F)C(F)(F)C(F)(F)C(F)(F)C(F)(F)F)C(F)(F)C(F)(F)C(F)(F)C(F)(F)C(F)(F)C(F)(F)C(F)(F)F.[Li+]. The van der Waals surface area contributed by atoms with E-state index in [0.29, 0.717) is 0 Å². The number of hydrogen-bond donors (Lipinski definition) is 0. The Morgan fingerprint density at radius 3 is 0.538 bits per heavy atom. The van der Waals surface area contributed by atoms with Gasteiger partial charge in [0.2, 0.25) is 0 Å². The van der Waals surface area contributed by atoms with Gasteiger partial charge >= 0.3 is 101 Å². The van der Waals surface area contributed by atoms with E-state index >= 15 is 0 Å². The summed E-state index contributed by atoms with van der Waals surface area (Å²) in [5.74, 6) is -92.9. The topological polar surface area (TPSA) is 82.4 Å². The Balaban J connectivity index is 0. The van der Waals surface area contributed by atoms with E-state index < -0.39 is 106 Å². The van der Waals surface area contributed by atoms with E-state index in [1.165, 1.54) is 0 Å². The van der Waals surface area contributed by atoms with E-state index in [0.717, 1.165) is 0 Å². The zero-order valence-electron chi connectivity index (χ0n) is 22.2. The third-order valence-electron chi connectivity index (χ3n) is 5.44. The van der Waals surface area contributed by atoms with Crippen LogP contribution in [0.5, 0.6) is 0 Å². The van der Waals surface area contributed by atoms with Gasteiger partial charge in [-0.1, -0.05) is 0 Å². The van der Waals surface area contributed by atoms with E-state index in [1.54, 1.807) is 0 Å². The molecular weight excluding hydrogens is 887 g/mol. The van der Waals surface area contributed by atoms with Crippen LogP contribution < -0.4 is 18.9 Å². The molecule has 0 saturated heterocycles. The van der Waals surface area contributed by atoms with Crippen molar-refractivity contribution in [2.45, 2.75) is 82.1 Å². The molecule has 0 aliphatic heterocycles. The predicted molar refractivity (Wildman–Crippen MR) is 92.7 cm³/mol. The van der Waals surface area contributed by atoms with E-state index in [1.807, 2.05) is 0 Å². The van der Waals surface area contributed by atoms with Crippen LogP contribution in [-0.2, 0) is 20.0 Å². The summed E-state index contributed by atoms with van der Waals surface area (Å²) in [6.07, 6.45) is -16.5. The number of alkyl halides is 30. The van der Waals surface area contributed by atoms with E-state index in [9.17, 15) is 149 Å². The molecule has 0 aromatic rings. The van der Waals surface area contributed by atoms with Crippen LogP contribution in [0, 0.1) is 0 Å².